The Morgan fingerprint density at radius 3 is 2.38 bits per heavy atom. The van der Waals surface area contributed by atoms with Gasteiger partial charge in [0.2, 0.25) is 0 Å². The first kappa shape index (κ1) is 15.5. The fourth-order valence-corrected chi connectivity index (χ4v) is 2.84. The molecule has 2 rings (SSSR count). The summed E-state index contributed by atoms with van der Waals surface area (Å²) in [4.78, 5) is 3.85. The van der Waals surface area contributed by atoms with Crippen molar-refractivity contribution in [2.45, 2.75) is 31.3 Å². The molecule has 7 heteroatoms. The molecule has 2 aliphatic rings. The minimum atomic E-state index is -4.66. The van der Waals surface area contributed by atoms with Crippen LogP contribution in [0.3, 0.4) is 0 Å². The van der Waals surface area contributed by atoms with E-state index in [9.17, 15) is 12.9 Å². The molecule has 2 fully saturated rings. The number of nitrogens with zero attached hydrogens (tertiary/aromatic N) is 2. The van der Waals surface area contributed by atoms with Crippen LogP contribution in [0.25, 0.3) is 0 Å². The van der Waals surface area contributed by atoms with Crippen molar-refractivity contribution in [1.82, 2.24) is 9.80 Å². The zero-order valence-corrected chi connectivity index (χ0v) is 13.1. The molecule has 0 aliphatic carbocycles. The summed E-state index contributed by atoms with van der Waals surface area (Å²) >= 11 is 0. The van der Waals surface area contributed by atoms with Crippen LogP contribution < -0.4 is 51.4 Å². The summed E-state index contributed by atoms with van der Waals surface area (Å²) in [5, 5.41) is 0. The van der Waals surface area contributed by atoms with Crippen LogP contribution in [0.4, 0.5) is 12.9 Å². The number of halogens is 3. The van der Waals surface area contributed by atoms with Gasteiger partial charge in [-0.2, -0.15) is 0 Å². The first-order valence-electron chi connectivity index (χ1n) is 5.61. The molecule has 2 aliphatic heterocycles. The van der Waals surface area contributed by atoms with Crippen molar-refractivity contribution in [2.75, 3.05) is 26.6 Å². The molecular formula is C9H17BF3KN2. The van der Waals surface area contributed by atoms with E-state index in [0.717, 1.165) is 19.3 Å². The Balaban J connectivity index is 0.00000128. The van der Waals surface area contributed by atoms with Crippen molar-refractivity contribution in [3.8, 4) is 0 Å². The molecule has 2 saturated heterocycles. The van der Waals surface area contributed by atoms with Gasteiger partial charge in [0.1, 0.15) is 0 Å². The Labute approximate surface area is 137 Å². The van der Waals surface area contributed by atoms with Gasteiger partial charge in [-0.15, -0.1) is 0 Å². The van der Waals surface area contributed by atoms with Gasteiger partial charge < -0.3 is 17.8 Å². The van der Waals surface area contributed by atoms with Crippen LogP contribution in [0.2, 0.25) is 0 Å². The monoisotopic (exact) mass is 260 g/mol. The number of fused-ring (bicyclic) bond motifs is 2. The van der Waals surface area contributed by atoms with Gasteiger partial charge in [0.25, 0.3) is 0 Å². The standard InChI is InChI=1S/C9H17BF3N2.K/c1-14-8-2-3-9(14)6-15(5-4-8)7-10(11,12)13;/h8-9H,2-7H2,1H3;/q-1;+1. The molecule has 2 bridgehead atoms. The van der Waals surface area contributed by atoms with Crippen molar-refractivity contribution in [3.05, 3.63) is 0 Å². The summed E-state index contributed by atoms with van der Waals surface area (Å²) in [5.74, 6) is 0. The zero-order valence-electron chi connectivity index (χ0n) is 10.0. The molecule has 0 N–H and O–H groups in total. The topological polar surface area (TPSA) is 6.48 Å². The van der Waals surface area contributed by atoms with E-state index >= 15 is 0 Å². The van der Waals surface area contributed by atoms with Gasteiger partial charge in [0.05, 0.1) is 0 Å². The molecule has 0 amide bonds. The summed E-state index contributed by atoms with van der Waals surface area (Å²) in [6, 6.07) is 0.858. The van der Waals surface area contributed by atoms with E-state index < -0.39 is 13.4 Å². The van der Waals surface area contributed by atoms with Gasteiger partial charge in [-0.25, -0.2) is 0 Å². The second-order valence-corrected chi connectivity index (χ2v) is 4.81. The molecule has 2 unspecified atom stereocenters. The first-order chi connectivity index (χ1) is 6.96. The van der Waals surface area contributed by atoms with Crippen molar-refractivity contribution in [1.29, 1.82) is 0 Å². The summed E-state index contributed by atoms with van der Waals surface area (Å²) in [5.41, 5.74) is 0. The third kappa shape index (κ3) is 3.97. The summed E-state index contributed by atoms with van der Waals surface area (Å²) in [6.45, 7) is -3.47. The fourth-order valence-electron chi connectivity index (χ4n) is 2.84. The minimum absolute atomic E-state index is 0. The average molecular weight is 260 g/mol. The van der Waals surface area contributed by atoms with Gasteiger partial charge in [0.15, 0.2) is 0 Å². The van der Waals surface area contributed by atoms with E-state index in [0.29, 0.717) is 25.2 Å². The Hall–Kier alpha value is 1.41. The number of likely N-dealkylation sites (N-methyl/N-ethyl adjacent to an activating group) is 1. The van der Waals surface area contributed by atoms with Gasteiger partial charge >= 0.3 is 58.4 Å². The number of hydrogen-bond acceptors (Lipinski definition) is 2. The van der Waals surface area contributed by atoms with Crippen molar-refractivity contribution >= 4 is 6.98 Å². The SMILES string of the molecule is CN1C2CCC1CN(C[B-](F)(F)F)CC2.[K+]. The van der Waals surface area contributed by atoms with E-state index in [4.69, 9.17) is 0 Å². The molecular weight excluding hydrogens is 243 g/mol. The van der Waals surface area contributed by atoms with Crippen LogP contribution in [0.5, 0.6) is 0 Å². The van der Waals surface area contributed by atoms with E-state index in [1.165, 1.54) is 0 Å². The van der Waals surface area contributed by atoms with E-state index in [-0.39, 0.29) is 51.4 Å². The summed E-state index contributed by atoms with van der Waals surface area (Å²) in [7, 11) is 2.05. The normalized spacial score (nSPS) is 32.2. The van der Waals surface area contributed by atoms with Crippen LogP contribution >= 0.6 is 0 Å². The number of likely N-dealkylation sites (tertiary alicyclic amines) is 1. The molecule has 0 radical (unpaired) electrons. The number of hydrogen-bond donors (Lipinski definition) is 0. The summed E-state index contributed by atoms with van der Waals surface area (Å²) in [6.07, 6.45) is 2.42. The van der Waals surface area contributed by atoms with Crippen LogP contribution in [0.15, 0.2) is 0 Å². The Bertz CT molecular complexity index is 239. The van der Waals surface area contributed by atoms with Gasteiger partial charge in [0, 0.05) is 18.6 Å². The largest absolute Gasteiger partial charge is 1.00 e. The molecule has 0 aromatic heterocycles. The molecule has 0 aromatic rings. The molecule has 0 aromatic carbocycles. The number of rotatable bonds is 2. The third-order valence-electron chi connectivity index (χ3n) is 3.70. The second kappa shape index (κ2) is 6.04. The van der Waals surface area contributed by atoms with Crippen molar-refractivity contribution < 1.29 is 64.3 Å². The van der Waals surface area contributed by atoms with Crippen LogP contribution in [-0.4, -0.2) is 55.4 Å². The maximum absolute atomic E-state index is 12.3. The Morgan fingerprint density at radius 1 is 1.12 bits per heavy atom. The van der Waals surface area contributed by atoms with Crippen molar-refractivity contribution in [2.24, 2.45) is 0 Å². The minimum Gasteiger partial charge on any atom is -0.448 e. The van der Waals surface area contributed by atoms with E-state index in [1.807, 2.05) is 7.05 Å². The third-order valence-corrected chi connectivity index (χ3v) is 3.70. The fraction of sp³-hybridized carbons (Fsp3) is 1.00. The molecule has 0 spiro atoms. The average Bonchev–Trinajstić information content (AvgIpc) is 2.31. The van der Waals surface area contributed by atoms with Gasteiger partial charge in [-0.05, 0) is 39.3 Å². The first-order valence-corrected chi connectivity index (χ1v) is 5.61. The molecule has 2 atom stereocenters. The maximum atomic E-state index is 12.3. The Morgan fingerprint density at radius 2 is 1.75 bits per heavy atom. The van der Waals surface area contributed by atoms with Crippen molar-refractivity contribution in [3.63, 3.8) is 0 Å². The molecule has 0 saturated carbocycles. The summed E-state index contributed by atoms with van der Waals surface area (Å²) < 4.78 is 37.0. The Kier molecular flexibility index (Phi) is 5.84. The molecule has 2 heterocycles. The predicted molar refractivity (Wildman–Crippen MR) is 54.7 cm³/mol. The van der Waals surface area contributed by atoms with Crippen LogP contribution in [-0.2, 0) is 0 Å². The zero-order chi connectivity index (χ0) is 11.1. The van der Waals surface area contributed by atoms with E-state index in [2.05, 4.69) is 4.90 Å². The molecule has 88 valence electrons. The molecule has 16 heavy (non-hydrogen) atoms. The predicted octanol–water partition coefficient (Wildman–Crippen LogP) is -1.45. The second-order valence-electron chi connectivity index (χ2n) is 4.81. The van der Waals surface area contributed by atoms with Crippen LogP contribution in [0, 0.1) is 0 Å². The van der Waals surface area contributed by atoms with Gasteiger partial charge in [-0.1, -0.05) is 0 Å². The van der Waals surface area contributed by atoms with Gasteiger partial charge in [-0.3, -0.25) is 4.90 Å². The quantitative estimate of drug-likeness (QED) is 0.560. The van der Waals surface area contributed by atoms with Crippen LogP contribution in [0.1, 0.15) is 19.3 Å². The maximum Gasteiger partial charge on any atom is 1.00 e. The smallest absolute Gasteiger partial charge is 0.448 e. The van der Waals surface area contributed by atoms with E-state index in [1.54, 1.807) is 4.90 Å². The molecule has 2 nitrogen and oxygen atoms in total.